The third-order valence-corrected chi connectivity index (χ3v) is 3.18. The maximum Gasteiger partial charge on any atom is 1.00 e. The minimum atomic E-state index is -4.05. The first-order valence-electron chi connectivity index (χ1n) is 4.23. The van der Waals surface area contributed by atoms with Gasteiger partial charge in [0.1, 0.15) is 0 Å². The molecule has 0 spiro atoms. The fraction of sp³-hybridized carbons (Fsp3) is 0.500. The topological polar surface area (TPSA) is 69.2 Å². The molecule has 0 saturated heterocycles. The van der Waals surface area contributed by atoms with Crippen molar-refractivity contribution < 1.29 is 31.8 Å². The Morgan fingerprint density at radius 3 is 2.73 bits per heavy atom. The molecule has 0 fully saturated rings. The SMILES string of the molecule is O=S(=O)([O-])CCCNCc1ccsc1.[Li+]. The molecule has 0 aliphatic heterocycles. The quantitative estimate of drug-likeness (QED) is 0.348. The molecule has 0 radical (unpaired) electrons. The molecular formula is C8H12LiNO3S2. The molecule has 0 saturated carbocycles. The second-order valence-corrected chi connectivity index (χ2v) is 5.23. The van der Waals surface area contributed by atoms with Gasteiger partial charge < -0.3 is 9.87 Å². The molecule has 1 heterocycles. The van der Waals surface area contributed by atoms with Crippen molar-refractivity contribution in [3.05, 3.63) is 22.4 Å². The number of hydrogen-bond acceptors (Lipinski definition) is 5. The molecule has 0 aromatic carbocycles. The molecule has 1 aromatic rings. The van der Waals surface area contributed by atoms with Crippen LogP contribution in [-0.4, -0.2) is 25.3 Å². The fourth-order valence-corrected chi connectivity index (χ4v) is 2.17. The molecule has 0 atom stereocenters. The summed E-state index contributed by atoms with van der Waals surface area (Å²) in [6.07, 6.45) is 0.371. The fourth-order valence-electron chi connectivity index (χ4n) is 1.000. The average Bonchev–Trinajstić information content (AvgIpc) is 2.54. The zero-order valence-corrected chi connectivity index (χ0v) is 10.2. The molecule has 1 rings (SSSR count). The molecule has 1 N–H and O–H groups in total. The van der Waals surface area contributed by atoms with Gasteiger partial charge in [-0.15, -0.1) is 0 Å². The van der Waals surface area contributed by atoms with E-state index in [1.807, 2.05) is 16.8 Å². The van der Waals surface area contributed by atoms with E-state index in [1.54, 1.807) is 11.3 Å². The molecule has 15 heavy (non-hydrogen) atoms. The second-order valence-electron chi connectivity index (χ2n) is 2.92. The predicted molar refractivity (Wildman–Crippen MR) is 55.2 cm³/mol. The summed E-state index contributed by atoms with van der Waals surface area (Å²) in [5.41, 5.74) is 1.18. The van der Waals surface area contributed by atoms with E-state index in [-0.39, 0.29) is 24.6 Å². The summed E-state index contributed by atoms with van der Waals surface area (Å²) < 4.78 is 30.7. The predicted octanol–water partition coefficient (Wildman–Crippen LogP) is -2.22. The van der Waals surface area contributed by atoms with Crippen LogP contribution in [0.3, 0.4) is 0 Å². The van der Waals surface area contributed by atoms with Gasteiger partial charge in [-0.2, -0.15) is 11.3 Å². The Hall–Kier alpha value is 0.167. The molecule has 0 aliphatic rings. The van der Waals surface area contributed by atoms with Crippen LogP contribution < -0.4 is 24.2 Å². The van der Waals surface area contributed by atoms with Crippen LogP contribution in [0.4, 0.5) is 0 Å². The van der Waals surface area contributed by atoms with Crippen molar-refractivity contribution >= 4 is 21.5 Å². The number of hydrogen-bond donors (Lipinski definition) is 1. The van der Waals surface area contributed by atoms with Crippen molar-refractivity contribution in [3.63, 3.8) is 0 Å². The Morgan fingerprint density at radius 2 is 2.20 bits per heavy atom. The zero-order chi connectivity index (χ0) is 10.4. The van der Waals surface area contributed by atoms with E-state index in [0.717, 1.165) is 6.54 Å². The Balaban J connectivity index is 0.00000196. The summed E-state index contributed by atoms with van der Waals surface area (Å²) in [6.45, 7) is 1.28. The number of rotatable bonds is 6. The Labute approximate surface area is 106 Å². The van der Waals surface area contributed by atoms with Crippen LogP contribution in [0.25, 0.3) is 0 Å². The Morgan fingerprint density at radius 1 is 1.47 bits per heavy atom. The maximum atomic E-state index is 10.2. The van der Waals surface area contributed by atoms with Crippen LogP contribution in [0, 0.1) is 0 Å². The summed E-state index contributed by atoms with van der Waals surface area (Å²) >= 11 is 1.62. The molecule has 0 amide bonds. The van der Waals surface area contributed by atoms with Gasteiger partial charge in [-0.1, -0.05) is 0 Å². The van der Waals surface area contributed by atoms with Crippen LogP contribution in [0.5, 0.6) is 0 Å². The van der Waals surface area contributed by atoms with E-state index in [4.69, 9.17) is 0 Å². The minimum Gasteiger partial charge on any atom is -0.748 e. The third kappa shape index (κ3) is 8.02. The molecular weight excluding hydrogens is 229 g/mol. The smallest absolute Gasteiger partial charge is 0.748 e. The van der Waals surface area contributed by atoms with Gasteiger partial charge in [0.2, 0.25) is 0 Å². The number of nitrogens with one attached hydrogen (secondary N) is 1. The van der Waals surface area contributed by atoms with Crippen molar-refractivity contribution in [2.45, 2.75) is 13.0 Å². The molecule has 1 aromatic heterocycles. The molecule has 80 valence electrons. The first-order chi connectivity index (χ1) is 6.58. The number of thiophene rings is 1. The van der Waals surface area contributed by atoms with Crippen molar-refractivity contribution in [2.75, 3.05) is 12.3 Å². The molecule has 0 aliphatic carbocycles. The van der Waals surface area contributed by atoms with E-state index in [0.29, 0.717) is 13.0 Å². The van der Waals surface area contributed by atoms with Crippen molar-refractivity contribution in [3.8, 4) is 0 Å². The van der Waals surface area contributed by atoms with Gasteiger partial charge in [0.25, 0.3) is 0 Å². The standard InChI is InChI=1S/C8H13NO3S2.Li/c10-14(11,12)5-1-3-9-6-8-2-4-13-7-8;/h2,4,7,9H,1,3,5-6H2,(H,10,11,12);/q;+1/p-1. The summed E-state index contributed by atoms with van der Waals surface area (Å²) in [7, 11) is -4.05. The normalized spacial score (nSPS) is 11.0. The second kappa shape index (κ2) is 7.44. The average molecular weight is 241 g/mol. The van der Waals surface area contributed by atoms with Crippen molar-refractivity contribution in [1.29, 1.82) is 0 Å². The van der Waals surface area contributed by atoms with Gasteiger partial charge >= 0.3 is 18.9 Å². The van der Waals surface area contributed by atoms with Crippen LogP contribution >= 0.6 is 11.3 Å². The summed E-state index contributed by atoms with van der Waals surface area (Å²) in [5, 5.41) is 7.07. The van der Waals surface area contributed by atoms with Gasteiger partial charge in [0.05, 0.1) is 10.1 Å². The van der Waals surface area contributed by atoms with Gasteiger partial charge in [-0.25, -0.2) is 8.42 Å². The third-order valence-electron chi connectivity index (χ3n) is 1.66. The maximum absolute atomic E-state index is 10.2. The summed E-state index contributed by atoms with van der Waals surface area (Å²) in [5.74, 6) is -0.288. The van der Waals surface area contributed by atoms with Crippen LogP contribution in [0.1, 0.15) is 12.0 Å². The summed E-state index contributed by atoms with van der Waals surface area (Å²) in [4.78, 5) is 0. The van der Waals surface area contributed by atoms with E-state index in [1.165, 1.54) is 5.56 Å². The zero-order valence-electron chi connectivity index (χ0n) is 8.60. The molecule has 0 unspecified atom stereocenters. The van der Waals surface area contributed by atoms with Crippen LogP contribution in [0.15, 0.2) is 16.8 Å². The first kappa shape index (κ1) is 15.2. The minimum absolute atomic E-state index is 0. The largest absolute Gasteiger partial charge is 1.00 e. The van der Waals surface area contributed by atoms with Crippen molar-refractivity contribution in [1.82, 2.24) is 5.32 Å². The van der Waals surface area contributed by atoms with Gasteiger partial charge in [0.15, 0.2) is 0 Å². The van der Waals surface area contributed by atoms with E-state index in [9.17, 15) is 13.0 Å². The monoisotopic (exact) mass is 241 g/mol. The molecule has 0 bridgehead atoms. The molecule has 7 heteroatoms. The Bertz CT molecular complexity index is 350. The van der Waals surface area contributed by atoms with Gasteiger partial charge in [-0.05, 0) is 35.4 Å². The van der Waals surface area contributed by atoms with Gasteiger partial charge in [0, 0.05) is 12.3 Å². The van der Waals surface area contributed by atoms with E-state index in [2.05, 4.69) is 5.32 Å². The van der Waals surface area contributed by atoms with E-state index < -0.39 is 10.1 Å². The van der Waals surface area contributed by atoms with Crippen LogP contribution in [0.2, 0.25) is 0 Å². The van der Waals surface area contributed by atoms with Gasteiger partial charge in [-0.3, -0.25) is 0 Å². The van der Waals surface area contributed by atoms with Crippen LogP contribution in [-0.2, 0) is 16.7 Å². The summed E-state index contributed by atoms with van der Waals surface area (Å²) in [6, 6.07) is 2.00. The molecule has 4 nitrogen and oxygen atoms in total. The van der Waals surface area contributed by atoms with E-state index >= 15 is 0 Å². The first-order valence-corrected chi connectivity index (χ1v) is 6.75. The Kier molecular flexibility index (Phi) is 7.53. The van der Waals surface area contributed by atoms with Crippen molar-refractivity contribution in [2.24, 2.45) is 0 Å².